The fourth-order valence-electron chi connectivity index (χ4n) is 2.90. The van der Waals surface area contributed by atoms with Crippen molar-refractivity contribution in [2.45, 2.75) is 46.3 Å². The van der Waals surface area contributed by atoms with E-state index in [1.165, 1.54) is 0 Å². The van der Waals surface area contributed by atoms with Gasteiger partial charge in [0, 0.05) is 31.7 Å². The van der Waals surface area contributed by atoms with Crippen LogP contribution in [0.25, 0.3) is 0 Å². The van der Waals surface area contributed by atoms with E-state index in [0.717, 1.165) is 25.2 Å². The third-order valence-electron chi connectivity index (χ3n) is 4.01. The Morgan fingerprint density at radius 1 is 1.30 bits per heavy atom. The van der Waals surface area contributed by atoms with Crippen molar-refractivity contribution in [2.24, 2.45) is 5.41 Å². The van der Waals surface area contributed by atoms with Crippen LogP contribution in [-0.2, 0) is 6.54 Å². The number of hydrogen-bond donors (Lipinski definition) is 1. The predicted octanol–water partition coefficient (Wildman–Crippen LogP) is 4.20. The molecule has 4 heteroatoms. The first-order valence-electron chi connectivity index (χ1n) is 7.19. The van der Waals surface area contributed by atoms with Gasteiger partial charge in [-0.15, -0.1) is 0 Å². The number of hydrogen-bond acceptors (Lipinski definition) is 2. The van der Waals surface area contributed by atoms with Gasteiger partial charge in [0.15, 0.2) is 0 Å². The second kappa shape index (κ2) is 6.23. The molecule has 1 aliphatic heterocycles. The third kappa shape index (κ3) is 3.67. The largest absolute Gasteiger partial charge is 0.311 e. The quantitative estimate of drug-likeness (QED) is 0.880. The van der Waals surface area contributed by atoms with Gasteiger partial charge in [0.05, 0.1) is 10.0 Å². The molecule has 2 nitrogen and oxygen atoms in total. The Hall–Kier alpha value is -0.280. The third-order valence-corrected chi connectivity index (χ3v) is 4.87. The molecule has 2 atom stereocenters. The Labute approximate surface area is 132 Å². The number of nitrogens with zero attached hydrogens (tertiary/aromatic N) is 1. The van der Waals surface area contributed by atoms with Gasteiger partial charge in [-0.2, -0.15) is 0 Å². The smallest absolute Gasteiger partial charge is 0.0637 e. The maximum Gasteiger partial charge on any atom is 0.0637 e. The lowest BCUT2D eigenvalue weighted by Gasteiger charge is -2.46. The van der Waals surface area contributed by atoms with Gasteiger partial charge >= 0.3 is 0 Å². The molecule has 1 N–H and O–H groups in total. The molecule has 0 saturated carbocycles. The summed E-state index contributed by atoms with van der Waals surface area (Å²) in [5, 5.41) is 4.91. The van der Waals surface area contributed by atoms with Crippen molar-refractivity contribution in [1.29, 1.82) is 0 Å². The van der Waals surface area contributed by atoms with E-state index in [9.17, 15) is 0 Å². The van der Waals surface area contributed by atoms with Gasteiger partial charge in [0.1, 0.15) is 0 Å². The minimum absolute atomic E-state index is 0.234. The Morgan fingerprint density at radius 2 is 2.00 bits per heavy atom. The van der Waals surface area contributed by atoms with Crippen LogP contribution in [0.15, 0.2) is 18.2 Å². The normalized spacial score (nSPS) is 24.9. The summed E-state index contributed by atoms with van der Waals surface area (Å²) < 4.78 is 0. The SMILES string of the molecule is CC1CN(Cc2cccc(Cl)c2Cl)C(C(C)(C)C)CN1. The lowest BCUT2D eigenvalue weighted by atomic mass is 9.83. The zero-order valence-corrected chi connectivity index (χ0v) is 14.2. The van der Waals surface area contributed by atoms with Crippen LogP contribution < -0.4 is 5.32 Å². The first kappa shape index (κ1) is 16.1. The van der Waals surface area contributed by atoms with E-state index in [-0.39, 0.29) is 5.41 Å². The van der Waals surface area contributed by atoms with E-state index in [1.807, 2.05) is 12.1 Å². The number of rotatable bonds is 2. The highest BCUT2D eigenvalue weighted by Crippen LogP contribution is 2.31. The van der Waals surface area contributed by atoms with Gasteiger partial charge < -0.3 is 5.32 Å². The van der Waals surface area contributed by atoms with Crippen molar-refractivity contribution in [3.05, 3.63) is 33.8 Å². The van der Waals surface area contributed by atoms with Crippen molar-refractivity contribution in [2.75, 3.05) is 13.1 Å². The van der Waals surface area contributed by atoms with Gasteiger partial charge in [0.2, 0.25) is 0 Å². The molecule has 0 aliphatic carbocycles. The molecule has 1 fully saturated rings. The Kier molecular flexibility index (Phi) is 5.01. The maximum absolute atomic E-state index is 6.34. The molecule has 1 heterocycles. The molecule has 1 aromatic carbocycles. The second-order valence-corrected chi connectivity index (χ2v) is 7.62. The highest BCUT2D eigenvalue weighted by molar-refractivity contribution is 6.42. The molecule has 1 aliphatic rings. The van der Waals surface area contributed by atoms with Gasteiger partial charge in [0.25, 0.3) is 0 Å². The molecule has 0 radical (unpaired) electrons. The fraction of sp³-hybridized carbons (Fsp3) is 0.625. The topological polar surface area (TPSA) is 15.3 Å². The molecular weight excluding hydrogens is 291 g/mol. The molecule has 20 heavy (non-hydrogen) atoms. The summed E-state index contributed by atoms with van der Waals surface area (Å²) in [6.45, 7) is 12.0. The average Bonchev–Trinajstić information content (AvgIpc) is 2.33. The molecule has 1 saturated heterocycles. The average molecular weight is 315 g/mol. The van der Waals surface area contributed by atoms with Crippen molar-refractivity contribution < 1.29 is 0 Å². The van der Waals surface area contributed by atoms with Gasteiger partial charge in [-0.25, -0.2) is 0 Å². The first-order valence-corrected chi connectivity index (χ1v) is 7.95. The molecule has 0 bridgehead atoms. The molecule has 112 valence electrons. The summed E-state index contributed by atoms with van der Waals surface area (Å²) in [5.74, 6) is 0. The summed E-state index contributed by atoms with van der Waals surface area (Å²) in [6, 6.07) is 6.89. The monoisotopic (exact) mass is 314 g/mol. The second-order valence-electron chi connectivity index (χ2n) is 6.83. The molecule has 0 spiro atoms. The van der Waals surface area contributed by atoms with Crippen LogP contribution in [0, 0.1) is 5.41 Å². The minimum Gasteiger partial charge on any atom is -0.311 e. The standard InChI is InChI=1S/C16H24Cl2N2/c1-11-9-20(14(8-19-11)16(2,3)4)10-12-6-5-7-13(17)15(12)18/h5-7,11,14,19H,8-10H2,1-4H3. The zero-order valence-electron chi connectivity index (χ0n) is 12.7. The molecule has 2 unspecified atom stereocenters. The van der Waals surface area contributed by atoms with Crippen molar-refractivity contribution in [3.63, 3.8) is 0 Å². The summed E-state index contributed by atoms with van der Waals surface area (Å²) in [6.07, 6.45) is 0. The van der Waals surface area contributed by atoms with E-state index in [1.54, 1.807) is 0 Å². The number of piperazine rings is 1. The predicted molar refractivity (Wildman–Crippen MR) is 87.6 cm³/mol. The van der Waals surface area contributed by atoms with E-state index in [2.05, 4.69) is 44.0 Å². The lowest BCUT2D eigenvalue weighted by Crippen LogP contribution is -2.59. The Balaban J connectivity index is 2.21. The molecular formula is C16H24Cl2N2. The first-order chi connectivity index (χ1) is 9.29. The molecule has 0 aromatic heterocycles. The summed E-state index contributed by atoms with van der Waals surface area (Å²) >= 11 is 12.5. The molecule has 2 rings (SSSR count). The number of benzene rings is 1. The number of nitrogens with one attached hydrogen (secondary N) is 1. The maximum atomic E-state index is 6.34. The lowest BCUT2D eigenvalue weighted by molar-refractivity contribution is 0.0526. The van der Waals surface area contributed by atoms with Crippen LogP contribution in [0.2, 0.25) is 10.0 Å². The highest BCUT2D eigenvalue weighted by atomic mass is 35.5. The van der Waals surface area contributed by atoms with Crippen LogP contribution in [-0.4, -0.2) is 30.1 Å². The van der Waals surface area contributed by atoms with Crippen LogP contribution in [0.5, 0.6) is 0 Å². The summed E-state index contributed by atoms with van der Waals surface area (Å²) in [4.78, 5) is 2.53. The molecule has 1 aromatic rings. The Morgan fingerprint density at radius 3 is 2.65 bits per heavy atom. The summed E-state index contributed by atoms with van der Waals surface area (Å²) in [5.41, 5.74) is 1.35. The number of halogens is 2. The molecule has 0 amide bonds. The van der Waals surface area contributed by atoms with E-state index >= 15 is 0 Å². The Bertz CT molecular complexity index is 468. The fourth-order valence-corrected chi connectivity index (χ4v) is 3.28. The van der Waals surface area contributed by atoms with Crippen molar-refractivity contribution in [1.82, 2.24) is 10.2 Å². The van der Waals surface area contributed by atoms with Crippen LogP contribution in [0.4, 0.5) is 0 Å². The zero-order chi connectivity index (χ0) is 14.9. The van der Waals surface area contributed by atoms with Crippen LogP contribution in [0.3, 0.4) is 0 Å². The van der Waals surface area contributed by atoms with Crippen LogP contribution >= 0.6 is 23.2 Å². The van der Waals surface area contributed by atoms with E-state index in [4.69, 9.17) is 23.2 Å². The van der Waals surface area contributed by atoms with Gasteiger partial charge in [-0.05, 0) is 24.0 Å². The van der Waals surface area contributed by atoms with Gasteiger partial charge in [-0.1, -0.05) is 56.1 Å². The van der Waals surface area contributed by atoms with E-state index < -0.39 is 0 Å². The van der Waals surface area contributed by atoms with E-state index in [0.29, 0.717) is 22.1 Å². The highest BCUT2D eigenvalue weighted by Gasteiger charge is 2.34. The van der Waals surface area contributed by atoms with Gasteiger partial charge in [-0.3, -0.25) is 4.90 Å². The van der Waals surface area contributed by atoms with Crippen molar-refractivity contribution >= 4 is 23.2 Å². The minimum atomic E-state index is 0.234. The summed E-state index contributed by atoms with van der Waals surface area (Å²) in [7, 11) is 0. The van der Waals surface area contributed by atoms with Crippen molar-refractivity contribution in [3.8, 4) is 0 Å². The van der Waals surface area contributed by atoms with Crippen LogP contribution in [0.1, 0.15) is 33.3 Å².